The van der Waals surface area contributed by atoms with E-state index in [4.69, 9.17) is 24.3 Å². The largest absolute Gasteiger partial charge is 0.494 e. The number of rotatable bonds is 10. The highest BCUT2D eigenvalue weighted by molar-refractivity contribution is 7.97. The summed E-state index contributed by atoms with van der Waals surface area (Å²) in [7, 11) is -11.5. The minimum Gasteiger partial charge on any atom is -0.494 e. The van der Waals surface area contributed by atoms with Crippen LogP contribution in [0.25, 0.3) is 0 Å². The lowest BCUT2D eigenvalue weighted by atomic mass is 10.3. The molecule has 0 amide bonds. The van der Waals surface area contributed by atoms with Crippen LogP contribution in [-0.2, 0) is 20.0 Å². The predicted molar refractivity (Wildman–Crippen MR) is 93.2 cm³/mol. The van der Waals surface area contributed by atoms with Crippen LogP contribution in [-0.4, -0.2) is 54.1 Å². The Balaban J connectivity index is 2.43. The second-order valence-corrected chi connectivity index (χ2v) is 11.6. The summed E-state index contributed by atoms with van der Waals surface area (Å²) >= 11 is 0. The summed E-state index contributed by atoms with van der Waals surface area (Å²) in [6, 6.07) is 9.22. The standard InChI is InChI=1S/C13H22O8P2S/c1-24(11-13(14,22(15,16)17)23(18,19)20)10-6-5-9-21-12-7-3-2-4-8-12/h2-4,7-8,14H,5-6,9-11H2,1H3,(H3-,15,16,17,18,19,20)/p+1. The van der Waals surface area contributed by atoms with E-state index in [1.807, 2.05) is 30.3 Å². The Hall–Kier alpha value is -0.370. The molecule has 0 heterocycles. The van der Waals surface area contributed by atoms with Gasteiger partial charge >= 0.3 is 20.3 Å². The minimum atomic E-state index is -5.37. The average molecular weight is 401 g/mol. The van der Waals surface area contributed by atoms with Crippen molar-refractivity contribution in [3.05, 3.63) is 30.3 Å². The first-order chi connectivity index (χ1) is 11.0. The molecule has 0 aliphatic rings. The van der Waals surface area contributed by atoms with Crippen molar-refractivity contribution < 1.29 is 38.5 Å². The molecular formula is C13H23O8P2S+. The molecule has 8 nitrogen and oxygen atoms in total. The van der Waals surface area contributed by atoms with Crippen LogP contribution in [0.15, 0.2) is 30.3 Å². The van der Waals surface area contributed by atoms with Gasteiger partial charge in [0.1, 0.15) is 11.5 Å². The molecule has 0 fully saturated rings. The zero-order chi connectivity index (χ0) is 18.4. The maximum Gasteiger partial charge on any atom is 0.374 e. The fourth-order valence-electron chi connectivity index (χ4n) is 1.90. The number of hydrogen-bond donors (Lipinski definition) is 5. The molecule has 1 unspecified atom stereocenters. The van der Waals surface area contributed by atoms with Gasteiger partial charge in [0.15, 0.2) is 5.75 Å². The summed E-state index contributed by atoms with van der Waals surface area (Å²) in [5, 5.41) is 6.54. The summed E-state index contributed by atoms with van der Waals surface area (Å²) in [4.78, 5) is 36.4. The molecule has 138 valence electrons. The van der Waals surface area contributed by atoms with Gasteiger partial charge < -0.3 is 29.4 Å². The van der Waals surface area contributed by atoms with E-state index in [1.165, 1.54) is 0 Å². The normalized spacial score (nSPS) is 14.4. The second kappa shape index (κ2) is 8.83. The van der Waals surface area contributed by atoms with Gasteiger partial charge in [-0.15, -0.1) is 0 Å². The summed E-state index contributed by atoms with van der Waals surface area (Å²) in [5.74, 6) is 0.562. The molecule has 0 saturated heterocycles. The average Bonchev–Trinajstić information content (AvgIpc) is 2.45. The highest BCUT2D eigenvalue weighted by atomic mass is 32.2. The topological polar surface area (TPSA) is 145 Å². The third kappa shape index (κ3) is 6.17. The Morgan fingerprint density at radius 3 is 2.08 bits per heavy atom. The van der Waals surface area contributed by atoms with Gasteiger partial charge in [-0.25, -0.2) is 0 Å². The van der Waals surface area contributed by atoms with Gasteiger partial charge in [0.05, 0.1) is 12.9 Å². The molecule has 0 bridgehead atoms. The van der Waals surface area contributed by atoms with E-state index in [1.54, 1.807) is 6.26 Å². The number of benzene rings is 1. The van der Waals surface area contributed by atoms with Crippen molar-refractivity contribution in [2.75, 3.05) is 24.4 Å². The maximum absolute atomic E-state index is 11.3. The molecule has 0 spiro atoms. The Kier molecular flexibility index (Phi) is 7.97. The van der Waals surface area contributed by atoms with Gasteiger partial charge in [-0.2, -0.15) is 0 Å². The van der Waals surface area contributed by atoms with Crippen LogP contribution in [0, 0.1) is 0 Å². The summed E-state index contributed by atoms with van der Waals surface area (Å²) in [6.07, 6.45) is 2.93. The fraction of sp³-hybridized carbons (Fsp3) is 0.538. The predicted octanol–water partition coefficient (Wildman–Crippen LogP) is 1.10. The van der Waals surface area contributed by atoms with Gasteiger partial charge in [-0.3, -0.25) is 9.13 Å². The second-order valence-electron chi connectivity index (χ2n) is 5.36. The van der Waals surface area contributed by atoms with Crippen molar-refractivity contribution >= 4 is 26.1 Å². The Labute approximate surface area is 143 Å². The third-order valence-corrected chi connectivity index (χ3v) is 9.34. The van der Waals surface area contributed by atoms with E-state index in [2.05, 4.69) is 0 Å². The van der Waals surface area contributed by atoms with Crippen molar-refractivity contribution in [1.29, 1.82) is 0 Å². The van der Waals surface area contributed by atoms with E-state index in [0.29, 0.717) is 25.2 Å². The van der Waals surface area contributed by atoms with Gasteiger partial charge in [-0.1, -0.05) is 18.2 Å². The molecule has 1 atom stereocenters. The highest BCUT2D eigenvalue weighted by Crippen LogP contribution is 2.67. The highest BCUT2D eigenvalue weighted by Gasteiger charge is 2.62. The molecule has 0 aliphatic carbocycles. The first kappa shape index (κ1) is 21.7. The number of ether oxygens (including phenoxy) is 1. The molecule has 1 rings (SSSR count). The third-order valence-electron chi connectivity index (χ3n) is 3.27. The summed E-state index contributed by atoms with van der Waals surface area (Å²) in [5.41, 5.74) is 0. The molecule has 0 saturated carbocycles. The smallest absolute Gasteiger partial charge is 0.374 e. The van der Waals surface area contributed by atoms with Gasteiger partial charge in [0.25, 0.3) is 0 Å². The molecule has 0 aliphatic heterocycles. The van der Waals surface area contributed by atoms with Crippen LogP contribution in [0.2, 0.25) is 0 Å². The number of para-hydroxylation sites is 1. The zero-order valence-electron chi connectivity index (χ0n) is 13.2. The molecule has 1 aromatic carbocycles. The number of unbranched alkanes of at least 4 members (excludes halogenated alkanes) is 1. The maximum atomic E-state index is 11.3. The molecule has 0 radical (unpaired) electrons. The first-order valence-corrected chi connectivity index (χ1v) is 12.3. The molecule has 0 aromatic heterocycles. The Bertz CT molecular complexity index is 577. The van der Waals surface area contributed by atoms with Crippen LogP contribution >= 0.6 is 15.2 Å². The monoisotopic (exact) mass is 401 g/mol. The Morgan fingerprint density at radius 2 is 1.58 bits per heavy atom. The van der Waals surface area contributed by atoms with Crippen LogP contribution in [0.4, 0.5) is 0 Å². The van der Waals surface area contributed by atoms with Crippen LogP contribution < -0.4 is 4.74 Å². The lowest BCUT2D eigenvalue weighted by Gasteiger charge is -2.27. The fourth-order valence-corrected chi connectivity index (χ4v) is 7.43. The van der Waals surface area contributed by atoms with Gasteiger partial charge in [-0.05, 0) is 35.9 Å². The summed E-state index contributed by atoms with van der Waals surface area (Å²) in [6.45, 7) is 0.461. The lowest BCUT2D eigenvalue weighted by molar-refractivity contribution is 0.149. The van der Waals surface area contributed by atoms with Crippen LogP contribution in [0.5, 0.6) is 5.75 Å². The lowest BCUT2D eigenvalue weighted by Crippen LogP contribution is -2.37. The van der Waals surface area contributed by atoms with E-state index >= 15 is 0 Å². The van der Waals surface area contributed by atoms with Crippen molar-refractivity contribution in [3.63, 3.8) is 0 Å². The van der Waals surface area contributed by atoms with Crippen molar-refractivity contribution in [3.8, 4) is 5.75 Å². The molecule has 24 heavy (non-hydrogen) atoms. The SMILES string of the molecule is C[S+](CCCCOc1ccccc1)CC(O)(P(=O)(O)O)P(=O)(O)O. The minimum absolute atomic E-state index is 0.461. The molecule has 11 heteroatoms. The number of hydrogen-bond acceptors (Lipinski definition) is 4. The van der Waals surface area contributed by atoms with E-state index in [-0.39, 0.29) is 0 Å². The van der Waals surface area contributed by atoms with E-state index < -0.39 is 36.9 Å². The van der Waals surface area contributed by atoms with E-state index in [9.17, 15) is 14.2 Å². The quantitative estimate of drug-likeness (QED) is 0.223. The Morgan fingerprint density at radius 1 is 1.04 bits per heavy atom. The molecule has 5 N–H and O–H groups in total. The van der Waals surface area contributed by atoms with Crippen molar-refractivity contribution in [2.45, 2.75) is 17.9 Å². The van der Waals surface area contributed by atoms with Gasteiger partial charge in [0.2, 0.25) is 0 Å². The zero-order valence-corrected chi connectivity index (χ0v) is 15.8. The number of aliphatic hydroxyl groups is 1. The molecule has 1 aromatic rings. The van der Waals surface area contributed by atoms with Crippen LogP contribution in [0.1, 0.15) is 12.8 Å². The van der Waals surface area contributed by atoms with Crippen molar-refractivity contribution in [2.24, 2.45) is 0 Å². The van der Waals surface area contributed by atoms with Gasteiger partial charge in [0, 0.05) is 0 Å². The molecular weight excluding hydrogens is 378 g/mol. The van der Waals surface area contributed by atoms with E-state index in [0.717, 1.165) is 5.75 Å². The summed E-state index contributed by atoms with van der Waals surface area (Å²) < 4.78 is 28.1. The first-order valence-electron chi connectivity index (χ1n) is 7.08. The van der Waals surface area contributed by atoms with Crippen molar-refractivity contribution in [1.82, 2.24) is 0 Å². The van der Waals surface area contributed by atoms with Crippen LogP contribution in [0.3, 0.4) is 0 Å².